The van der Waals surface area contributed by atoms with Gasteiger partial charge in [-0.25, -0.2) is 0 Å². The predicted octanol–water partition coefficient (Wildman–Crippen LogP) is 1.71. The van der Waals surface area contributed by atoms with Gasteiger partial charge in [0.2, 0.25) is 0 Å². The minimum atomic E-state index is -1.08. The Kier molecular flexibility index (Phi) is 3.05. The number of hydrogen-bond acceptors (Lipinski definition) is 2. The summed E-state index contributed by atoms with van der Waals surface area (Å²) in [4.78, 5) is 12.1. The van der Waals surface area contributed by atoms with Gasteiger partial charge in [0.25, 0.3) is 5.56 Å². The first kappa shape index (κ1) is 12.0. The van der Waals surface area contributed by atoms with Gasteiger partial charge in [-0.3, -0.25) is 4.79 Å². The Morgan fingerprint density at radius 1 is 1.40 bits per heavy atom. The number of rotatable bonds is 2. The van der Waals surface area contributed by atoms with Gasteiger partial charge in [0, 0.05) is 12.2 Å². The minimum absolute atomic E-state index is 0.0810. The number of nitrogens with zero attached hydrogens (tertiary/aromatic N) is 1. The monoisotopic (exact) mass is 209 g/mol. The first-order chi connectivity index (χ1) is 6.79. The van der Waals surface area contributed by atoms with Crippen molar-refractivity contribution in [3.63, 3.8) is 0 Å². The molecule has 0 aliphatic heterocycles. The molecule has 0 amide bonds. The predicted molar refractivity (Wildman–Crippen MR) is 61.1 cm³/mol. The highest BCUT2D eigenvalue weighted by atomic mass is 16.3. The molecule has 0 radical (unpaired) electrons. The molecule has 3 heteroatoms. The van der Waals surface area contributed by atoms with E-state index in [-0.39, 0.29) is 5.56 Å². The lowest BCUT2D eigenvalue weighted by molar-refractivity contribution is 0.0757. The molecular weight excluding hydrogens is 190 g/mol. The van der Waals surface area contributed by atoms with Crippen LogP contribution in [0.25, 0.3) is 0 Å². The first-order valence-corrected chi connectivity index (χ1v) is 5.23. The Morgan fingerprint density at radius 2 is 1.93 bits per heavy atom. The van der Waals surface area contributed by atoms with Gasteiger partial charge >= 0.3 is 0 Å². The smallest absolute Gasteiger partial charge is 0.257 e. The third kappa shape index (κ3) is 2.12. The fourth-order valence-corrected chi connectivity index (χ4v) is 2.06. The Morgan fingerprint density at radius 3 is 2.33 bits per heavy atom. The highest BCUT2D eigenvalue weighted by molar-refractivity contribution is 5.30. The molecule has 0 fully saturated rings. The van der Waals surface area contributed by atoms with Crippen LogP contribution in [-0.2, 0) is 12.1 Å². The number of hydrogen-bond donors (Lipinski definition) is 1. The van der Waals surface area contributed by atoms with E-state index in [0.29, 0.717) is 12.1 Å². The van der Waals surface area contributed by atoms with Crippen molar-refractivity contribution in [2.24, 2.45) is 0 Å². The quantitative estimate of drug-likeness (QED) is 0.805. The summed E-state index contributed by atoms with van der Waals surface area (Å²) in [5.74, 6) is 0. The zero-order valence-corrected chi connectivity index (χ0v) is 10.1. The van der Waals surface area contributed by atoms with Gasteiger partial charge in [-0.05, 0) is 46.2 Å². The molecule has 0 unspecified atom stereocenters. The van der Waals surface area contributed by atoms with Crippen molar-refractivity contribution < 1.29 is 5.11 Å². The van der Waals surface area contributed by atoms with Gasteiger partial charge in [0.15, 0.2) is 0 Å². The van der Waals surface area contributed by atoms with Crippen LogP contribution in [0, 0.1) is 13.8 Å². The highest BCUT2D eigenvalue weighted by Gasteiger charge is 2.23. The number of pyridine rings is 1. The maximum atomic E-state index is 12.1. The summed E-state index contributed by atoms with van der Waals surface area (Å²) in [6, 6.07) is 1.94. The second-order valence-corrected chi connectivity index (χ2v) is 4.45. The first-order valence-electron chi connectivity index (χ1n) is 5.23. The lowest BCUT2D eigenvalue weighted by Gasteiger charge is -2.21. The van der Waals surface area contributed by atoms with Gasteiger partial charge in [-0.2, -0.15) is 0 Å². The molecule has 0 saturated heterocycles. The van der Waals surface area contributed by atoms with E-state index in [2.05, 4.69) is 0 Å². The van der Waals surface area contributed by atoms with Crippen molar-refractivity contribution in [3.05, 3.63) is 33.2 Å². The van der Waals surface area contributed by atoms with Crippen molar-refractivity contribution >= 4 is 0 Å². The normalized spacial score (nSPS) is 11.9. The standard InChI is InChI=1S/C12H19NO2/c1-6-13-9(3)7-8(2)10(11(13)14)12(4,5)15/h7,15H,6H2,1-5H3. The highest BCUT2D eigenvalue weighted by Crippen LogP contribution is 2.20. The number of aryl methyl sites for hydroxylation is 2. The molecule has 0 aliphatic rings. The summed E-state index contributed by atoms with van der Waals surface area (Å²) >= 11 is 0. The van der Waals surface area contributed by atoms with Crippen LogP contribution in [0.2, 0.25) is 0 Å². The van der Waals surface area contributed by atoms with Crippen LogP contribution in [0.15, 0.2) is 10.9 Å². The molecule has 0 spiro atoms. The van der Waals surface area contributed by atoms with Crippen molar-refractivity contribution in [2.75, 3.05) is 0 Å². The van der Waals surface area contributed by atoms with Crippen LogP contribution >= 0.6 is 0 Å². The molecular formula is C12H19NO2. The molecule has 1 rings (SSSR count). The maximum absolute atomic E-state index is 12.1. The third-order valence-electron chi connectivity index (χ3n) is 2.63. The Bertz CT molecular complexity index is 424. The van der Waals surface area contributed by atoms with Crippen LogP contribution in [-0.4, -0.2) is 9.67 Å². The lowest BCUT2D eigenvalue weighted by Crippen LogP contribution is -2.34. The van der Waals surface area contributed by atoms with E-state index in [1.165, 1.54) is 0 Å². The molecule has 1 aromatic rings. The van der Waals surface area contributed by atoms with Crippen LogP contribution in [0.3, 0.4) is 0 Å². The molecule has 0 aromatic carbocycles. The summed E-state index contributed by atoms with van der Waals surface area (Å²) < 4.78 is 1.68. The largest absolute Gasteiger partial charge is 0.386 e. The van der Waals surface area contributed by atoms with E-state index in [0.717, 1.165) is 11.3 Å². The fourth-order valence-electron chi connectivity index (χ4n) is 2.06. The summed E-state index contributed by atoms with van der Waals surface area (Å²) in [5.41, 5.74) is 1.13. The zero-order valence-electron chi connectivity index (χ0n) is 10.1. The molecule has 0 atom stereocenters. The van der Waals surface area contributed by atoms with Crippen molar-refractivity contribution in [1.82, 2.24) is 4.57 Å². The van der Waals surface area contributed by atoms with E-state index in [9.17, 15) is 9.90 Å². The molecule has 1 aromatic heterocycles. The number of aromatic nitrogens is 1. The number of aliphatic hydroxyl groups is 1. The van der Waals surface area contributed by atoms with Crippen molar-refractivity contribution in [3.8, 4) is 0 Å². The Balaban J connectivity index is 3.61. The summed E-state index contributed by atoms with van der Waals surface area (Å²) in [7, 11) is 0. The van der Waals surface area contributed by atoms with Crippen LogP contribution in [0.5, 0.6) is 0 Å². The van der Waals surface area contributed by atoms with E-state index >= 15 is 0 Å². The zero-order chi connectivity index (χ0) is 11.8. The lowest BCUT2D eigenvalue weighted by atomic mass is 9.95. The Labute approximate surface area is 90.4 Å². The SMILES string of the molecule is CCn1c(C)cc(C)c(C(C)(C)O)c1=O. The molecule has 0 aliphatic carbocycles. The molecule has 84 valence electrons. The van der Waals surface area contributed by atoms with E-state index < -0.39 is 5.60 Å². The van der Waals surface area contributed by atoms with Gasteiger partial charge < -0.3 is 9.67 Å². The molecule has 0 bridgehead atoms. The van der Waals surface area contributed by atoms with Crippen LogP contribution < -0.4 is 5.56 Å². The van der Waals surface area contributed by atoms with E-state index in [1.807, 2.05) is 26.8 Å². The van der Waals surface area contributed by atoms with Gasteiger partial charge in [-0.15, -0.1) is 0 Å². The van der Waals surface area contributed by atoms with Crippen LogP contribution in [0.4, 0.5) is 0 Å². The minimum Gasteiger partial charge on any atom is -0.386 e. The topological polar surface area (TPSA) is 42.2 Å². The summed E-state index contributed by atoms with van der Waals surface area (Å²) in [6.07, 6.45) is 0. The summed E-state index contributed by atoms with van der Waals surface area (Å²) in [5, 5.41) is 9.95. The third-order valence-corrected chi connectivity index (χ3v) is 2.63. The average Bonchev–Trinajstić information content (AvgIpc) is 2.00. The second kappa shape index (κ2) is 3.81. The van der Waals surface area contributed by atoms with Crippen molar-refractivity contribution in [2.45, 2.75) is 46.8 Å². The van der Waals surface area contributed by atoms with Gasteiger partial charge in [0.1, 0.15) is 0 Å². The molecule has 15 heavy (non-hydrogen) atoms. The van der Waals surface area contributed by atoms with E-state index in [4.69, 9.17) is 0 Å². The summed E-state index contributed by atoms with van der Waals surface area (Å²) in [6.45, 7) is 9.62. The Hall–Kier alpha value is -1.09. The van der Waals surface area contributed by atoms with E-state index in [1.54, 1.807) is 18.4 Å². The molecule has 1 N–H and O–H groups in total. The molecule has 0 saturated carbocycles. The average molecular weight is 209 g/mol. The van der Waals surface area contributed by atoms with Crippen LogP contribution in [0.1, 0.15) is 37.6 Å². The second-order valence-electron chi connectivity index (χ2n) is 4.45. The van der Waals surface area contributed by atoms with Crippen molar-refractivity contribution in [1.29, 1.82) is 0 Å². The fraction of sp³-hybridized carbons (Fsp3) is 0.583. The molecule has 1 heterocycles. The molecule has 3 nitrogen and oxygen atoms in total. The van der Waals surface area contributed by atoms with Gasteiger partial charge in [0.05, 0.1) is 11.2 Å². The maximum Gasteiger partial charge on any atom is 0.257 e. The van der Waals surface area contributed by atoms with Gasteiger partial charge in [-0.1, -0.05) is 0 Å².